The van der Waals surface area contributed by atoms with E-state index in [9.17, 15) is 33.8 Å². The molecule has 3 aromatic heterocycles. The minimum absolute atomic E-state index is 0.00216. The Morgan fingerprint density at radius 1 is 0.953 bits per heavy atom. The number of rotatable bonds is 20. The Hall–Kier alpha value is -7.65. The SMILES string of the molecule is C#Cc1c(F)ccc2cc(O)cc(-c3ncc4c(N5CC6CCC(C5)N6)nc(OCCN5CCN(C(=O)CCCCCOc6cc(-c7scnc7C)ccc6CNC(=O)[C@@H]6C[C@@H](O)CN6C(=O)[C@@H](NC(=O)C6(F)CC6)C(C)(C)C)CC5)nc4c3F)c12. The van der Waals surface area contributed by atoms with Gasteiger partial charge in [0.15, 0.2) is 11.5 Å². The number of anilines is 1. The van der Waals surface area contributed by atoms with Crippen LogP contribution in [0, 0.1) is 36.3 Å². The standard InChI is InChI=1S/C63H72F3N11O8S/c1-6-44-47(64)16-13-37-26-42(78)28-45(51(37)44)53-52(65)54-46(31-67-53)57(76-32-40-14-15-41(33-76)70-40)73-61(71-54)85-25-23-74-19-21-75(22-20-74)50(80)10-8-7-9-24-84-49-27-38(55-36(2)69-35-86-55)11-12-39(49)30-68-58(81)48-29-43(79)34-77(48)59(82)56(62(3,4)5)72-60(83)63(66)17-18-63/h1,11-13,16,26-28,31,35,40-41,43,48,56,70,78-79H,7-10,14-15,17-25,29-30,32-34H2,2-5H3,(H,68,81)(H,72,83)/t40?,41?,43-,48+,56-/m1/s1. The highest BCUT2D eigenvalue weighted by Gasteiger charge is 2.53. The number of piperazine rings is 2. The first kappa shape index (κ1) is 60.1. The number of terminal acetylenes is 1. The van der Waals surface area contributed by atoms with E-state index in [2.05, 4.69) is 46.6 Å². The van der Waals surface area contributed by atoms with E-state index < -0.39 is 58.6 Å². The molecule has 5 aliphatic rings. The summed E-state index contributed by atoms with van der Waals surface area (Å²) < 4.78 is 59.4. The van der Waals surface area contributed by atoms with Crippen molar-refractivity contribution in [2.24, 2.45) is 5.41 Å². The summed E-state index contributed by atoms with van der Waals surface area (Å²) >= 11 is 1.50. The Kier molecular flexibility index (Phi) is 17.4. The maximum Gasteiger partial charge on any atom is 0.319 e. The molecule has 2 unspecified atom stereocenters. The van der Waals surface area contributed by atoms with Crippen molar-refractivity contribution in [2.75, 3.05) is 70.5 Å². The fraction of sp³-hybridized carbons (Fsp3) is 0.492. The zero-order chi connectivity index (χ0) is 60.6. The summed E-state index contributed by atoms with van der Waals surface area (Å²) in [5.74, 6) is -0.0122. The van der Waals surface area contributed by atoms with Gasteiger partial charge < -0.3 is 50.3 Å². The van der Waals surface area contributed by atoms with Gasteiger partial charge in [0.05, 0.1) is 39.7 Å². The highest BCUT2D eigenvalue weighted by Crippen LogP contribution is 2.42. The van der Waals surface area contributed by atoms with Crippen LogP contribution in [-0.2, 0) is 25.7 Å². The first-order valence-electron chi connectivity index (χ1n) is 29.6. The lowest BCUT2D eigenvalue weighted by molar-refractivity contribution is -0.145. The van der Waals surface area contributed by atoms with Gasteiger partial charge in [-0.2, -0.15) is 9.97 Å². The number of ether oxygens (including phenoxy) is 2. The molecule has 454 valence electrons. The number of aromatic nitrogens is 4. The van der Waals surface area contributed by atoms with E-state index >= 15 is 8.78 Å². The zero-order valence-electron chi connectivity index (χ0n) is 48.8. The number of amides is 4. The van der Waals surface area contributed by atoms with Crippen LogP contribution in [0.25, 0.3) is 43.4 Å². The average Bonchev–Trinajstić information content (AvgIpc) is 2.39. The summed E-state index contributed by atoms with van der Waals surface area (Å²) in [6, 6.07) is 9.51. The van der Waals surface area contributed by atoms with Crippen molar-refractivity contribution in [1.82, 2.24) is 50.6 Å². The van der Waals surface area contributed by atoms with E-state index in [0.717, 1.165) is 35.4 Å². The number of nitrogens with one attached hydrogen (secondary N) is 3. The number of aliphatic hydroxyl groups is 1. The Morgan fingerprint density at radius 2 is 1.72 bits per heavy atom. The van der Waals surface area contributed by atoms with Crippen LogP contribution in [0.5, 0.6) is 17.5 Å². The van der Waals surface area contributed by atoms with Crippen LogP contribution in [0.15, 0.2) is 54.2 Å². The smallest absolute Gasteiger partial charge is 0.319 e. The molecular formula is C63H72F3N11O8S. The number of phenolic OH excluding ortho intramolecular Hbond substituents is 1. The van der Waals surface area contributed by atoms with Gasteiger partial charge in [0.2, 0.25) is 17.7 Å². The summed E-state index contributed by atoms with van der Waals surface area (Å²) in [4.78, 5) is 80.9. The second-order valence-electron chi connectivity index (χ2n) is 24.4. The van der Waals surface area contributed by atoms with E-state index in [-0.39, 0.29) is 96.4 Å². The van der Waals surface area contributed by atoms with Gasteiger partial charge in [-0.3, -0.25) is 29.1 Å². The lowest BCUT2D eigenvalue weighted by Crippen LogP contribution is -2.59. The minimum atomic E-state index is -2.00. The summed E-state index contributed by atoms with van der Waals surface area (Å²) in [5.41, 5.74) is 1.28. The van der Waals surface area contributed by atoms with E-state index in [1.165, 1.54) is 46.7 Å². The van der Waals surface area contributed by atoms with Crippen LogP contribution >= 0.6 is 11.3 Å². The molecule has 4 saturated heterocycles. The molecule has 2 bridgehead atoms. The monoisotopic (exact) mass is 1200 g/mol. The third kappa shape index (κ3) is 12.9. The molecule has 5 fully saturated rings. The topological polar surface area (TPSA) is 228 Å². The number of hydrogen-bond acceptors (Lipinski definition) is 16. The second kappa shape index (κ2) is 25.0. The second-order valence-corrected chi connectivity index (χ2v) is 25.2. The molecule has 7 heterocycles. The number of phenols is 1. The van der Waals surface area contributed by atoms with Crippen molar-refractivity contribution in [2.45, 2.75) is 128 Å². The quantitative estimate of drug-likeness (QED) is 0.0385. The molecule has 1 aliphatic carbocycles. The lowest BCUT2D eigenvalue weighted by atomic mass is 9.85. The minimum Gasteiger partial charge on any atom is -0.508 e. The van der Waals surface area contributed by atoms with E-state index in [0.29, 0.717) is 99.6 Å². The van der Waals surface area contributed by atoms with Gasteiger partial charge in [-0.25, -0.2) is 18.2 Å². The Bertz CT molecular complexity index is 3610. The number of unbranched alkanes of at least 4 members (excludes halogenated alkanes) is 2. The zero-order valence-corrected chi connectivity index (χ0v) is 49.6. The third-order valence-electron chi connectivity index (χ3n) is 17.1. The third-order valence-corrected chi connectivity index (χ3v) is 18.1. The highest BCUT2D eigenvalue weighted by atomic mass is 32.1. The molecule has 0 radical (unpaired) electrons. The largest absolute Gasteiger partial charge is 0.508 e. The molecule has 11 rings (SSSR count). The predicted molar refractivity (Wildman–Crippen MR) is 319 cm³/mol. The van der Waals surface area contributed by atoms with Crippen LogP contribution in [0.1, 0.15) is 95.4 Å². The number of β-amino-alcohol motifs (C(OH)–C–C–N with tert-alkyl or cyclic N) is 1. The Labute approximate surface area is 501 Å². The maximum atomic E-state index is 17.1. The van der Waals surface area contributed by atoms with Crippen molar-refractivity contribution < 1.29 is 52.0 Å². The van der Waals surface area contributed by atoms with Crippen molar-refractivity contribution in [3.8, 4) is 51.6 Å². The molecule has 1 saturated carbocycles. The summed E-state index contributed by atoms with van der Waals surface area (Å²) in [7, 11) is 0. The molecule has 0 spiro atoms. The van der Waals surface area contributed by atoms with Crippen molar-refractivity contribution in [1.29, 1.82) is 0 Å². The van der Waals surface area contributed by atoms with Crippen LogP contribution < -0.4 is 30.3 Å². The summed E-state index contributed by atoms with van der Waals surface area (Å²) in [5, 5.41) is 31.6. The molecule has 5 N–H and O–H groups in total. The number of thiazole rings is 1. The van der Waals surface area contributed by atoms with Gasteiger partial charge in [0.1, 0.15) is 53.0 Å². The molecule has 19 nitrogen and oxygen atoms in total. The Morgan fingerprint density at radius 3 is 2.43 bits per heavy atom. The number of hydrogen-bond donors (Lipinski definition) is 5. The van der Waals surface area contributed by atoms with Gasteiger partial charge in [-0.05, 0) is 92.5 Å². The number of alkyl halides is 1. The van der Waals surface area contributed by atoms with Gasteiger partial charge in [0.25, 0.3) is 5.91 Å². The summed E-state index contributed by atoms with van der Waals surface area (Å²) in [6.45, 7) is 11.8. The van der Waals surface area contributed by atoms with Crippen molar-refractivity contribution in [3.63, 3.8) is 0 Å². The molecule has 86 heavy (non-hydrogen) atoms. The lowest BCUT2D eigenvalue weighted by Gasteiger charge is -2.35. The number of pyridine rings is 1. The van der Waals surface area contributed by atoms with Crippen LogP contribution in [0.2, 0.25) is 0 Å². The van der Waals surface area contributed by atoms with Crippen LogP contribution in [-0.4, -0.2) is 170 Å². The van der Waals surface area contributed by atoms with E-state index in [1.807, 2.05) is 30.0 Å². The number of benzene rings is 3. The molecule has 6 aromatic rings. The first-order valence-corrected chi connectivity index (χ1v) is 30.5. The predicted octanol–water partition coefficient (Wildman–Crippen LogP) is 6.96. The maximum absolute atomic E-state index is 17.1. The summed E-state index contributed by atoms with van der Waals surface area (Å²) in [6.07, 6.45) is 10.9. The molecule has 4 amide bonds. The fourth-order valence-corrected chi connectivity index (χ4v) is 13.0. The van der Waals surface area contributed by atoms with Crippen molar-refractivity contribution >= 4 is 62.5 Å². The van der Waals surface area contributed by atoms with E-state index in [1.54, 1.807) is 26.3 Å². The molecule has 5 atom stereocenters. The van der Waals surface area contributed by atoms with Gasteiger partial charge in [-0.1, -0.05) is 44.9 Å². The molecule has 3 aromatic carbocycles. The number of halogens is 3. The van der Waals surface area contributed by atoms with Gasteiger partial charge in [-0.15, -0.1) is 17.8 Å². The number of aryl methyl sites for hydroxylation is 1. The number of carbonyl (C=O) groups is 4. The number of nitrogens with zero attached hydrogens (tertiary/aromatic N) is 8. The van der Waals surface area contributed by atoms with Gasteiger partial charge >= 0.3 is 6.01 Å². The number of fused-ring (bicyclic) bond motifs is 4. The Balaban J connectivity index is 0.671. The van der Waals surface area contributed by atoms with Crippen LogP contribution in [0.4, 0.5) is 19.0 Å². The number of likely N-dealkylation sites (tertiary alicyclic amines) is 1. The number of aliphatic hydroxyl groups excluding tert-OH is 1. The number of aromatic hydroxyl groups is 1. The number of carbonyl (C=O) groups excluding carboxylic acids is 4. The molecule has 23 heteroatoms. The average molecular weight is 1200 g/mol. The van der Waals surface area contributed by atoms with E-state index in [4.69, 9.17) is 20.9 Å². The highest BCUT2D eigenvalue weighted by molar-refractivity contribution is 7.13. The fourth-order valence-electron chi connectivity index (χ4n) is 12.2. The normalized spacial score (nSPS) is 20.5. The van der Waals surface area contributed by atoms with Crippen molar-refractivity contribution in [3.05, 3.63) is 82.6 Å². The molecular weight excluding hydrogens is 1130 g/mol. The molecule has 4 aliphatic heterocycles. The first-order chi connectivity index (χ1) is 41.2. The van der Waals surface area contributed by atoms with Gasteiger partial charge in [0, 0.05) is 107 Å². The van der Waals surface area contributed by atoms with Crippen LogP contribution in [0.3, 0.4) is 0 Å².